The van der Waals surface area contributed by atoms with Gasteiger partial charge in [-0.05, 0) is 61.4 Å². The highest BCUT2D eigenvalue weighted by Crippen LogP contribution is 2.31. The van der Waals surface area contributed by atoms with E-state index in [0.29, 0.717) is 11.1 Å². The lowest BCUT2D eigenvalue weighted by Crippen LogP contribution is -2.22. The van der Waals surface area contributed by atoms with Crippen molar-refractivity contribution in [3.8, 4) is 34.4 Å². The average Bonchev–Trinajstić information content (AvgIpc) is 2.84. The Balaban J connectivity index is 1.60. The molecule has 0 fully saturated rings. The van der Waals surface area contributed by atoms with E-state index in [0.717, 1.165) is 33.6 Å². The lowest BCUT2D eigenvalue weighted by molar-refractivity contribution is 0.595. The van der Waals surface area contributed by atoms with Gasteiger partial charge < -0.3 is 0 Å². The number of hydrogen-bond acceptors (Lipinski definition) is 4. The molecule has 2 aromatic carbocycles. The van der Waals surface area contributed by atoms with Crippen LogP contribution >= 0.6 is 0 Å². The van der Waals surface area contributed by atoms with Gasteiger partial charge in [0.05, 0.1) is 34.7 Å². The zero-order valence-corrected chi connectivity index (χ0v) is 17.4. The van der Waals surface area contributed by atoms with Gasteiger partial charge in [0.1, 0.15) is 0 Å². The molecule has 0 bridgehead atoms. The van der Waals surface area contributed by atoms with E-state index in [1.54, 1.807) is 12.1 Å². The van der Waals surface area contributed by atoms with Crippen LogP contribution in [-0.2, 0) is 5.41 Å². The number of nitrogens with zero attached hydrogens (tertiary/aromatic N) is 4. The number of rotatable bonds is 4. The monoisotopic (exact) mass is 400 g/mol. The summed E-state index contributed by atoms with van der Waals surface area (Å²) in [6.07, 6.45) is 3.69. The van der Waals surface area contributed by atoms with Crippen molar-refractivity contribution in [1.82, 2.24) is 9.97 Å². The maximum absolute atomic E-state index is 9.12. The summed E-state index contributed by atoms with van der Waals surface area (Å²) in [4.78, 5) is 9.41. The average molecular weight is 400 g/mol. The topological polar surface area (TPSA) is 73.4 Å². The van der Waals surface area contributed by atoms with E-state index in [1.165, 1.54) is 0 Å². The summed E-state index contributed by atoms with van der Waals surface area (Å²) < 4.78 is 0. The Kier molecular flexibility index (Phi) is 5.31. The van der Waals surface area contributed by atoms with Crippen molar-refractivity contribution in [2.45, 2.75) is 19.3 Å². The van der Waals surface area contributed by atoms with E-state index < -0.39 is 0 Å². The minimum Gasteiger partial charge on any atom is -0.260 e. The summed E-state index contributed by atoms with van der Waals surface area (Å²) in [5.74, 6) is 0. The van der Waals surface area contributed by atoms with Crippen molar-refractivity contribution in [3.63, 3.8) is 0 Å². The molecule has 0 aliphatic carbocycles. The third kappa shape index (κ3) is 4.06. The molecule has 2 aromatic heterocycles. The molecule has 4 heteroatoms. The molecule has 0 spiro atoms. The third-order valence-electron chi connectivity index (χ3n) is 5.46. The van der Waals surface area contributed by atoms with Crippen LogP contribution in [0.2, 0.25) is 0 Å². The van der Waals surface area contributed by atoms with Crippen LogP contribution in [0.15, 0.2) is 85.2 Å². The lowest BCUT2D eigenvalue weighted by atomic mass is 9.84. The number of aromatic nitrogens is 2. The zero-order chi connectivity index (χ0) is 21.8. The highest BCUT2D eigenvalue weighted by Gasteiger charge is 2.26. The van der Waals surface area contributed by atoms with Crippen molar-refractivity contribution < 1.29 is 0 Å². The normalized spacial score (nSPS) is 10.8. The Morgan fingerprint density at radius 2 is 1.06 bits per heavy atom. The van der Waals surface area contributed by atoms with Gasteiger partial charge in [0.2, 0.25) is 0 Å². The second-order valence-corrected chi connectivity index (χ2v) is 7.87. The van der Waals surface area contributed by atoms with Gasteiger partial charge in [0.25, 0.3) is 0 Å². The van der Waals surface area contributed by atoms with Crippen LogP contribution in [0.4, 0.5) is 0 Å². The number of hydrogen-bond donors (Lipinski definition) is 0. The largest absolute Gasteiger partial charge is 0.260 e. The molecule has 0 amide bonds. The molecule has 2 heterocycles. The van der Waals surface area contributed by atoms with E-state index in [1.807, 2.05) is 73.1 Å². The Morgan fingerprint density at radius 1 is 0.613 bits per heavy atom. The molecule has 4 nitrogen and oxygen atoms in total. The minimum atomic E-state index is -0.375. The van der Waals surface area contributed by atoms with Crippen LogP contribution in [0.5, 0.6) is 0 Å². The summed E-state index contributed by atoms with van der Waals surface area (Å²) in [5.41, 5.74) is 6.60. The van der Waals surface area contributed by atoms with Crippen molar-refractivity contribution in [2.75, 3.05) is 0 Å². The predicted molar refractivity (Wildman–Crippen MR) is 121 cm³/mol. The number of benzene rings is 2. The fraction of sp³-hybridized carbons (Fsp3) is 0.111. The molecule has 0 aliphatic heterocycles. The van der Waals surface area contributed by atoms with Gasteiger partial charge >= 0.3 is 0 Å². The Labute approximate surface area is 182 Å². The first-order chi connectivity index (χ1) is 15.0. The summed E-state index contributed by atoms with van der Waals surface area (Å²) in [7, 11) is 0. The fourth-order valence-corrected chi connectivity index (χ4v) is 3.54. The maximum atomic E-state index is 9.12. The molecule has 31 heavy (non-hydrogen) atoms. The van der Waals surface area contributed by atoms with Crippen LogP contribution < -0.4 is 0 Å². The van der Waals surface area contributed by atoms with E-state index in [4.69, 9.17) is 20.5 Å². The Bertz CT molecular complexity index is 1200. The van der Waals surface area contributed by atoms with Crippen LogP contribution in [0.25, 0.3) is 22.3 Å². The summed E-state index contributed by atoms with van der Waals surface area (Å²) >= 11 is 0. The molecule has 0 saturated carbocycles. The SMILES string of the molecule is CC(C)(c1ccc(-c2cccc(C#N)c2)cn1)c1ccc(-c2cccc(C#N)c2)cn1. The van der Waals surface area contributed by atoms with Crippen LogP contribution in [0, 0.1) is 22.7 Å². The maximum Gasteiger partial charge on any atom is 0.0991 e. The van der Waals surface area contributed by atoms with Gasteiger partial charge in [-0.1, -0.05) is 36.4 Å². The Morgan fingerprint density at radius 3 is 1.42 bits per heavy atom. The molecule has 0 N–H and O–H groups in total. The summed E-state index contributed by atoms with van der Waals surface area (Å²) in [6, 6.07) is 27.5. The third-order valence-corrected chi connectivity index (χ3v) is 5.46. The quantitative estimate of drug-likeness (QED) is 0.429. The molecular formula is C27H20N4. The second kappa shape index (κ2) is 8.22. The van der Waals surface area contributed by atoms with Gasteiger partial charge in [0, 0.05) is 28.9 Å². The Hall–Kier alpha value is -4.28. The van der Waals surface area contributed by atoms with E-state index in [2.05, 4.69) is 26.0 Å². The first kappa shape index (κ1) is 20.0. The standard InChI is InChI=1S/C27H20N4/c1-27(2,25-11-9-23(17-30-25)21-7-3-5-19(13-21)15-28)26-12-10-24(18-31-26)22-8-4-6-20(14-22)16-29/h3-14,17-18H,1-2H3. The molecule has 0 radical (unpaired) electrons. The molecule has 0 aliphatic rings. The van der Waals surface area contributed by atoms with Gasteiger partial charge in [-0.25, -0.2) is 0 Å². The highest BCUT2D eigenvalue weighted by molar-refractivity contribution is 5.65. The second-order valence-electron chi connectivity index (χ2n) is 7.87. The van der Waals surface area contributed by atoms with Gasteiger partial charge in [-0.3, -0.25) is 9.97 Å². The first-order valence-corrected chi connectivity index (χ1v) is 9.95. The molecule has 0 unspecified atom stereocenters. The molecule has 0 atom stereocenters. The smallest absolute Gasteiger partial charge is 0.0991 e. The van der Waals surface area contributed by atoms with E-state index >= 15 is 0 Å². The zero-order valence-electron chi connectivity index (χ0n) is 17.4. The van der Waals surface area contributed by atoms with Crippen molar-refractivity contribution >= 4 is 0 Å². The predicted octanol–water partition coefficient (Wildman–Crippen LogP) is 5.88. The highest BCUT2D eigenvalue weighted by atomic mass is 14.8. The molecular weight excluding hydrogens is 380 g/mol. The van der Waals surface area contributed by atoms with Crippen molar-refractivity contribution in [3.05, 3.63) is 108 Å². The van der Waals surface area contributed by atoms with Crippen LogP contribution in [-0.4, -0.2) is 9.97 Å². The fourth-order valence-electron chi connectivity index (χ4n) is 3.54. The summed E-state index contributed by atoms with van der Waals surface area (Å²) in [5, 5.41) is 18.2. The van der Waals surface area contributed by atoms with E-state index in [9.17, 15) is 0 Å². The van der Waals surface area contributed by atoms with Crippen molar-refractivity contribution in [2.24, 2.45) is 0 Å². The van der Waals surface area contributed by atoms with Crippen LogP contribution in [0.3, 0.4) is 0 Å². The van der Waals surface area contributed by atoms with Crippen LogP contribution in [0.1, 0.15) is 36.4 Å². The lowest BCUT2D eigenvalue weighted by Gasteiger charge is -2.24. The van der Waals surface area contributed by atoms with E-state index in [-0.39, 0.29) is 5.41 Å². The van der Waals surface area contributed by atoms with Gasteiger partial charge in [-0.15, -0.1) is 0 Å². The summed E-state index contributed by atoms with van der Waals surface area (Å²) in [6.45, 7) is 4.20. The molecule has 0 saturated heterocycles. The van der Waals surface area contributed by atoms with Gasteiger partial charge in [-0.2, -0.15) is 10.5 Å². The molecule has 148 valence electrons. The number of pyridine rings is 2. The number of nitriles is 2. The molecule has 4 aromatic rings. The minimum absolute atomic E-state index is 0.375. The molecule has 4 rings (SSSR count). The van der Waals surface area contributed by atoms with Crippen molar-refractivity contribution in [1.29, 1.82) is 10.5 Å². The van der Waals surface area contributed by atoms with Gasteiger partial charge in [0.15, 0.2) is 0 Å². The first-order valence-electron chi connectivity index (χ1n) is 9.95.